The molecule has 0 rings (SSSR count). The Morgan fingerprint density at radius 2 is 1.40 bits per heavy atom. The summed E-state index contributed by atoms with van der Waals surface area (Å²) in [7, 11) is 0. The zero-order chi connectivity index (χ0) is 11.2. The van der Waals surface area contributed by atoms with Gasteiger partial charge in [0.2, 0.25) is 0 Å². The molecule has 90 valence electrons. The van der Waals surface area contributed by atoms with Gasteiger partial charge in [-0.3, -0.25) is 0 Å². The highest BCUT2D eigenvalue weighted by atomic mass is 32.2. The van der Waals surface area contributed by atoms with E-state index in [1.165, 1.54) is 63.5 Å². The molecule has 0 heterocycles. The van der Waals surface area contributed by atoms with Gasteiger partial charge in [-0.2, -0.15) is 0 Å². The van der Waals surface area contributed by atoms with Crippen LogP contribution in [-0.2, 0) is 0 Å². The van der Waals surface area contributed by atoms with Crippen LogP contribution in [0.15, 0.2) is 11.5 Å². The van der Waals surface area contributed by atoms with Gasteiger partial charge in [0.1, 0.15) is 0 Å². The molecule has 0 spiro atoms. The average Bonchev–Trinajstić information content (AvgIpc) is 2.26. The first-order valence-corrected chi connectivity index (χ1v) is 7.73. The quantitative estimate of drug-likeness (QED) is 0.404. The van der Waals surface area contributed by atoms with E-state index in [1.54, 1.807) is 0 Å². The predicted molar refractivity (Wildman–Crippen MR) is 74.5 cm³/mol. The summed E-state index contributed by atoms with van der Waals surface area (Å²) < 4.78 is 0. The second-order valence-corrected chi connectivity index (χ2v) is 5.27. The summed E-state index contributed by atoms with van der Waals surface area (Å²) in [5, 5.41) is 2.25. The van der Waals surface area contributed by atoms with Gasteiger partial charge in [-0.25, -0.2) is 0 Å². The second-order valence-electron chi connectivity index (χ2n) is 4.09. The molecular weight excluding hydrogens is 200 g/mol. The standard InChI is InChI=1S/C14H28S/c1-3-5-6-7-8-9-10-11-12-13-14-15-4-2/h13-14H,3-12H2,1-2H3. The van der Waals surface area contributed by atoms with Crippen LogP contribution in [0.4, 0.5) is 0 Å². The molecule has 0 aromatic carbocycles. The van der Waals surface area contributed by atoms with Crippen LogP contribution in [0.2, 0.25) is 0 Å². The van der Waals surface area contributed by atoms with Crippen molar-refractivity contribution in [3.8, 4) is 0 Å². The highest BCUT2D eigenvalue weighted by Gasteiger charge is 1.90. The first-order valence-electron chi connectivity index (χ1n) is 6.68. The molecule has 0 bridgehead atoms. The molecule has 0 saturated carbocycles. The fraction of sp³-hybridized carbons (Fsp3) is 0.857. The largest absolute Gasteiger partial charge is 0.135 e. The highest BCUT2D eigenvalue weighted by molar-refractivity contribution is 8.02. The van der Waals surface area contributed by atoms with Crippen LogP contribution in [0.3, 0.4) is 0 Å². The van der Waals surface area contributed by atoms with Gasteiger partial charge in [-0.05, 0) is 24.0 Å². The SMILES string of the molecule is CCCCCCCCCCC=CSCC. The van der Waals surface area contributed by atoms with Crippen LogP contribution in [0.5, 0.6) is 0 Å². The van der Waals surface area contributed by atoms with Crippen molar-refractivity contribution in [3.63, 3.8) is 0 Å². The Balaban J connectivity index is 2.92. The smallest absolute Gasteiger partial charge is 0.00546 e. The maximum absolute atomic E-state index is 2.32. The van der Waals surface area contributed by atoms with Crippen molar-refractivity contribution >= 4 is 11.8 Å². The molecule has 0 nitrogen and oxygen atoms in total. The predicted octanol–water partition coefficient (Wildman–Crippen LogP) is 5.78. The first kappa shape index (κ1) is 15.1. The summed E-state index contributed by atoms with van der Waals surface area (Å²) in [6.45, 7) is 4.48. The van der Waals surface area contributed by atoms with E-state index >= 15 is 0 Å². The Morgan fingerprint density at radius 3 is 2.00 bits per heavy atom. The summed E-state index contributed by atoms with van der Waals surface area (Å²) in [6.07, 6.45) is 15.0. The highest BCUT2D eigenvalue weighted by Crippen LogP contribution is 2.10. The molecule has 0 saturated heterocycles. The lowest BCUT2D eigenvalue weighted by Gasteiger charge is -1.99. The molecule has 0 amide bonds. The number of allylic oxidation sites excluding steroid dienone is 1. The molecular formula is C14H28S. The second kappa shape index (κ2) is 14.1. The van der Waals surface area contributed by atoms with Crippen LogP contribution in [0.25, 0.3) is 0 Å². The molecule has 0 aliphatic heterocycles. The monoisotopic (exact) mass is 228 g/mol. The van der Waals surface area contributed by atoms with Crippen LogP contribution in [0, 0.1) is 0 Å². The normalized spacial score (nSPS) is 11.3. The Kier molecular flexibility index (Phi) is 14.2. The van der Waals surface area contributed by atoms with Gasteiger partial charge in [0.25, 0.3) is 0 Å². The van der Waals surface area contributed by atoms with E-state index in [1.807, 2.05) is 11.8 Å². The van der Waals surface area contributed by atoms with Gasteiger partial charge in [0.15, 0.2) is 0 Å². The molecule has 0 unspecified atom stereocenters. The van der Waals surface area contributed by atoms with Crippen molar-refractivity contribution in [2.75, 3.05) is 5.75 Å². The molecule has 0 fully saturated rings. The Bertz CT molecular complexity index is 129. The van der Waals surface area contributed by atoms with E-state index in [0.717, 1.165) is 0 Å². The minimum atomic E-state index is 1.20. The maximum Gasteiger partial charge on any atom is -0.00546 e. The van der Waals surface area contributed by atoms with E-state index in [0.29, 0.717) is 0 Å². The van der Waals surface area contributed by atoms with Crippen molar-refractivity contribution in [1.82, 2.24) is 0 Å². The first-order chi connectivity index (χ1) is 7.41. The van der Waals surface area contributed by atoms with E-state index in [-0.39, 0.29) is 0 Å². The third-order valence-corrected chi connectivity index (χ3v) is 3.30. The lowest BCUT2D eigenvalue weighted by Crippen LogP contribution is -1.79. The van der Waals surface area contributed by atoms with Gasteiger partial charge in [0.05, 0.1) is 0 Å². The molecule has 15 heavy (non-hydrogen) atoms. The van der Waals surface area contributed by atoms with Crippen molar-refractivity contribution in [3.05, 3.63) is 11.5 Å². The minimum absolute atomic E-state index is 1.20. The molecule has 0 atom stereocenters. The zero-order valence-electron chi connectivity index (χ0n) is 10.6. The number of hydrogen-bond donors (Lipinski definition) is 0. The van der Waals surface area contributed by atoms with Crippen molar-refractivity contribution < 1.29 is 0 Å². The molecule has 0 aliphatic rings. The number of unbranched alkanes of at least 4 members (excludes halogenated alkanes) is 8. The van der Waals surface area contributed by atoms with E-state index in [9.17, 15) is 0 Å². The van der Waals surface area contributed by atoms with Crippen molar-refractivity contribution in [1.29, 1.82) is 0 Å². The number of thioether (sulfide) groups is 1. The Morgan fingerprint density at radius 1 is 0.800 bits per heavy atom. The van der Waals surface area contributed by atoms with E-state index in [2.05, 4.69) is 25.3 Å². The Labute approximate surface area is 101 Å². The molecule has 0 aromatic heterocycles. The third-order valence-electron chi connectivity index (χ3n) is 2.58. The third kappa shape index (κ3) is 14.1. The molecule has 0 aliphatic carbocycles. The van der Waals surface area contributed by atoms with E-state index < -0.39 is 0 Å². The van der Waals surface area contributed by atoms with Crippen LogP contribution in [-0.4, -0.2) is 5.75 Å². The maximum atomic E-state index is 2.32. The summed E-state index contributed by atoms with van der Waals surface area (Å²) in [4.78, 5) is 0. The fourth-order valence-electron chi connectivity index (χ4n) is 1.63. The fourth-order valence-corrected chi connectivity index (χ4v) is 2.09. The lowest BCUT2D eigenvalue weighted by atomic mass is 10.1. The summed E-state index contributed by atoms with van der Waals surface area (Å²) in [6, 6.07) is 0. The average molecular weight is 228 g/mol. The topological polar surface area (TPSA) is 0 Å². The molecule has 0 radical (unpaired) electrons. The summed E-state index contributed by atoms with van der Waals surface area (Å²) >= 11 is 1.90. The van der Waals surface area contributed by atoms with Gasteiger partial charge in [-0.15, -0.1) is 11.8 Å². The lowest BCUT2D eigenvalue weighted by molar-refractivity contribution is 0.578. The molecule has 0 aromatic rings. The zero-order valence-corrected chi connectivity index (χ0v) is 11.5. The summed E-state index contributed by atoms with van der Waals surface area (Å²) in [5.74, 6) is 1.20. The van der Waals surface area contributed by atoms with Crippen molar-refractivity contribution in [2.45, 2.75) is 71.6 Å². The van der Waals surface area contributed by atoms with Gasteiger partial charge in [-0.1, -0.05) is 64.9 Å². The summed E-state index contributed by atoms with van der Waals surface area (Å²) in [5.41, 5.74) is 0. The van der Waals surface area contributed by atoms with Gasteiger partial charge in [0, 0.05) is 0 Å². The van der Waals surface area contributed by atoms with Crippen LogP contribution < -0.4 is 0 Å². The van der Waals surface area contributed by atoms with Crippen molar-refractivity contribution in [2.24, 2.45) is 0 Å². The number of hydrogen-bond acceptors (Lipinski definition) is 1. The van der Waals surface area contributed by atoms with E-state index in [4.69, 9.17) is 0 Å². The minimum Gasteiger partial charge on any atom is -0.135 e. The Hall–Kier alpha value is 0.0900. The molecule has 1 heteroatoms. The van der Waals surface area contributed by atoms with Gasteiger partial charge >= 0.3 is 0 Å². The van der Waals surface area contributed by atoms with Gasteiger partial charge < -0.3 is 0 Å². The van der Waals surface area contributed by atoms with Crippen LogP contribution in [0.1, 0.15) is 71.6 Å². The van der Waals surface area contributed by atoms with Crippen LogP contribution >= 0.6 is 11.8 Å². The number of rotatable bonds is 11. The molecule has 0 N–H and O–H groups in total.